The van der Waals surface area contributed by atoms with Crippen LogP contribution in [0.15, 0.2) is 0 Å². The molecule has 1 aliphatic rings. The summed E-state index contributed by atoms with van der Waals surface area (Å²) >= 11 is 0. The SMILES string of the molecule is CC1CC(C(N)=O)C(=O)O1. The molecule has 1 aliphatic heterocycles. The highest BCUT2D eigenvalue weighted by Crippen LogP contribution is 2.19. The molecule has 0 radical (unpaired) electrons. The minimum atomic E-state index is -0.713. The lowest BCUT2D eigenvalue weighted by atomic mass is 10.1. The number of nitrogens with two attached hydrogens (primary N) is 1. The number of cyclic esters (lactones) is 1. The Morgan fingerprint density at radius 2 is 2.40 bits per heavy atom. The molecule has 0 spiro atoms. The van der Waals surface area contributed by atoms with Gasteiger partial charge in [0.15, 0.2) is 0 Å². The quantitative estimate of drug-likeness (QED) is 0.394. The molecule has 4 heteroatoms. The standard InChI is InChI=1S/C6H9NO3/c1-3-2-4(5(7)8)6(9)10-3/h3-4H,2H2,1H3,(H2,7,8). The molecule has 1 amide bonds. The van der Waals surface area contributed by atoms with Gasteiger partial charge in [0, 0.05) is 6.42 Å². The molecule has 0 aromatic heterocycles. The average Bonchev–Trinajstić information content (AvgIpc) is 2.10. The van der Waals surface area contributed by atoms with E-state index < -0.39 is 17.8 Å². The highest BCUT2D eigenvalue weighted by atomic mass is 16.5. The van der Waals surface area contributed by atoms with E-state index in [4.69, 9.17) is 10.5 Å². The molecule has 4 nitrogen and oxygen atoms in total. The number of esters is 1. The zero-order valence-electron chi connectivity index (χ0n) is 5.66. The van der Waals surface area contributed by atoms with E-state index in [1.165, 1.54) is 0 Å². The lowest BCUT2D eigenvalue weighted by Gasteiger charge is -1.95. The van der Waals surface area contributed by atoms with Crippen LogP contribution in [-0.4, -0.2) is 18.0 Å². The van der Waals surface area contributed by atoms with Crippen LogP contribution in [0.4, 0.5) is 0 Å². The molecular weight excluding hydrogens is 134 g/mol. The second-order valence-corrected chi connectivity index (χ2v) is 2.44. The van der Waals surface area contributed by atoms with Crippen LogP contribution in [0, 0.1) is 5.92 Å². The van der Waals surface area contributed by atoms with Gasteiger partial charge in [0.05, 0.1) is 0 Å². The maximum Gasteiger partial charge on any atom is 0.318 e. The van der Waals surface area contributed by atoms with Crippen molar-refractivity contribution in [2.24, 2.45) is 11.7 Å². The third-order valence-electron chi connectivity index (χ3n) is 1.51. The summed E-state index contributed by atoms with van der Waals surface area (Å²) in [5.41, 5.74) is 4.91. The Hall–Kier alpha value is -1.06. The van der Waals surface area contributed by atoms with Gasteiger partial charge in [-0.1, -0.05) is 0 Å². The van der Waals surface area contributed by atoms with Gasteiger partial charge in [-0.05, 0) is 6.92 Å². The van der Waals surface area contributed by atoms with Crippen molar-refractivity contribution in [3.8, 4) is 0 Å². The van der Waals surface area contributed by atoms with Crippen LogP contribution >= 0.6 is 0 Å². The fourth-order valence-electron chi connectivity index (χ4n) is 0.989. The van der Waals surface area contributed by atoms with Crippen LogP contribution in [0.3, 0.4) is 0 Å². The summed E-state index contributed by atoms with van der Waals surface area (Å²) in [6, 6.07) is 0. The van der Waals surface area contributed by atoms with Gasteiger partial charge in [-0.15, -0.1) is 0 Å². The van der Waals surface area contributed by atoms with Crippen molar-refractivity contribution < 1.29 is 14.3 Å². The molecule has 0 aromatic carbocycles. The van der Waals surface area contributed by atoms with Gasteiger partial charge < -0.3 is 10.5 Å². The predicted octanol–water partition coefficient (Wildman–Crippen LogP) is -0.577. The second-order valence-electron chi connectivity index (χ2n) is 2.44. The molecule has 56 valence electrons. The van der Waals surface area contributed by atoms with Gasteiger partial charge in [0.25, 0.3) is 0 Å². The normalized spacial score (nSPS) is 31.9. The largest absolute Gasteiger partial charge is 0.462 e. The number of carbonyl (C=O) groups excluding carboxylic acids is 2. The van der Waals surface area contributed by atoms with Crippen molar-refractivity contribution in [2.75, 3.05) is 0 Å². The third kappa shape index (κ3) is 1.10. The Kier molecular flexibility index (Phi) is 1.61. The predicted molar refractivity (Wildman–Crippen MR) is 32.9 cm³/mol. The number of primary amides is 1. The third-order valence-corrected chi connectivity index (χ3v) is 1.51. The van der Waals surface area contributed by atoms with Crippen molar-refractivity contribution in [3.63, 3.8) is 0 Å². The van der Waals surface area contributed by atoms with Crippen LogP contribution in [0.5, 0.6) is 0 Å². The molecule has 10 heavy (non-hydrogen) atoms. The molecule has 2 N–H and O–H groups in total. The Morgan fingerprint density at radius 1 is 1.80 bits per heavy atom. The van der Waals surface area contributed by atoms with E-state index in [9.17, 15) is 9.59 Å². The van der Waals surface area contributed by atoms with Gasteiger partial charge in [0.2, 0.25) is 5.91 Å². The summed E-state index contributed by atoms with van der Waals surface area (Å²) in [5, 5.41) is 0. The fraction of sp³-hybridized carbons (Fsp3) is 0.667. The number of hydrogen-bond acceptors (Lipinski definition) is 3. The van der Waals surface area contributed by atoms with Gasteiger partial charge in [-0.25, -0.2) is 0 Å². The van der Waals surface area contributed by atoms with Crippen molar-refractivity contribution >= 4 is 11.9 Å². The first-order valence-corrected chi connectivity index (χ1v) is 3.11. The summed E-state index contributed by atoms with van der Waals surface area (Å²) < 4.78 is 4.70. The van der Waals surface area contributed by atoms with E-state index >= 15 is 0 Å². The molecule has 0 aromatic rings. The van der Waals surface area contributed by atoms with Crippen LogP contribution in [0.25, 0.3) is 0 Å². The smallest absolute Gasteiger partial charge is 0.318 e. The highest BCUT2D eigenvalue weighted by Gasteiger charge is 2.35. The fourth-order valence-corrected chi connectivity index (χ4v) is 0.989. The van der Waals surface area contributed by atoms with E-state index in [0.717, 1.165) is 0 Å². The zero-order chi connectivity index (χ0) is 7.72. The highest BCUT2D eigenvalue weighted by molar-refractivity contribution is 5.98. The van der Waals surface area contributed by atoms with Gasteiger partial charge in [0.1, 0.15) is 12.0 Å². The summed E-state index contributed by atoms with van der Waals surface area (Å²) in [7, 11) is 0. The molecule has 1 heterocycles. The Bertz CT molecular complexity index is 178. The van der Waals surface area contributed by atoms with E-state index in [2.05, 4.69) is 0 Å². The first-order valence-electron chi connectivity index (χ1n) is 3.11. The van der Waals surface area contributed by atoms with Crippen LogP contribution < -0.4 is 5.73 Å². The first-order chi connectivity index (χ1) is 4.61. The molecule has 0 aliphatic carbocycles. The van der Waals surface area contributed by atoms with E-state index in [1.54, 1.807) is 6.92 Å². The maximum atomic E-state index is 10.7. The van der Waals surface area contributed by atoms with E-state index in [0.29, 0.717) is 6.42 Å². The molecule has 0 saturated carbocycles. The van der Waals surface area contributed by atoms with Crippen LogP contribution in [-0.2, 0) is 14.3 Å². The summed E-state index contributed by atoms with van der Waals surface area (Å²) in [5.74, 6) is -1.79. The Balaban J connectivity index is 2.63. The maximum absolute atomic E-state index is 10.7. The molecule has 2 atom stereocenters. The molecular formula is C6H9NO3. The first kappa shape index (κ1) is 7.05. The van der Waals surface area contributed by atoms with Crippen LogP contribution in [0.2, 0.25) is 0 Å². The van der Waals surface area contributed by atoms with E-state index in [-0.39, 0.29) is 6.10 Å². The van der Waals surface area contributed by atoms with Gasteiger partial charge in [-0.3, -0.25) is 9.59 Å². The van der Waals surface area contributed by atoms with Gasteiger partial charge in [-0.2, -0.15) is 0 Å². The minimum Gasteiger partial charge on any atom is -0.462 e. The number of hydrogen-bond donors (Lipinski definition) is 1. The summed E-state index contributed by atoms with van der Waals surface area (Å²) in [6.45, 7) is 1.74. The summed E-state index contributed by atoms with van der Waals surface area (Å²) in [6.07, 6.45) is 0.263. The monoisotopic (exact) mass is 143 g/mol. The molecule has 1 rings (SSSR count). The van der Waals surface area contributed by atoms with Gasteiger partial charge >= 0.3 is 5.97 Å². The minimum absolute atomic E-state index is 0.162. The number of carbonyl (C=O) groups is 2. The molecule has 1 fully saturated rings. The lowest BCUT2D eigenvalue weighted by molar-refractivity contribution is -0.146. The average molecular weight is 143 g/mol. The Morgan fingerprint density at radius 3 is 2.60 bits per heavy atom. The van der Waals surface area contributed by atoms with Crippen molar-refractivity contribution in [3.05, 3.63) is 0 Å². The second kappa shape index (κ2) is 2.28. The number of amides is 1. The van der Waals surface area contributed by atoms with Crippen molar-refractivity contribution in [1.82, 2.24) is 0 Å². The van der Waals surface area contributed by atoms with Crippen molar-refractivity contribution in [2.45, 2.75) is 19.4 Å². The summed E-state index contributed by atoms with van der Waals surface area (Å²) in [4.78, 5) is 21.2. The van der Waals surface area contributed by atoms with Crippen molar-refractivity contribution in [1.29, 1.82) is 0 Å². The lowest BCUT2D eigenvalue weighted by Crippen LogP contribution is -2.26. The topological polar surface area (TPSA) is 69.4 Å². The van der Waals surface area contributed by atoms with E-state index in [1.807, 2.05) is 0 Å². The molecule has 2 unspecified atom stereocenters. The zero-order valence-corrected chi connectivity index (χ0v) is 5.66. The Labute approximate surface area is 58.3 Å². The molecule has 0 bridgehead atoms. The number of rotatable bonds is 1. The number of ether oxygens (including phenoxy) is 1. The van der Waals surface area contributed by atoms with Crippen LogP contribution in [0.1, 0.15) is 13.3 Å². The molecule has 1 saturated heterocycles.